The maximum atomic E-state index is 13.3. The van der Waals surface area contributed by atoms with Crippen LogP contribution in [0.15, 0.2) is 24.3 Å². The van der Waals surface area contributed by atoms with E-state index in [0.29, 0.717) is 35.5 Å². The molecule has 28 heavy (non-hydrogen) atoms. The van der Waals surface area contributed by atoms with Gasteiger partial charge in [0, 0.05) is 24.7 Å². The first-order valence-electron chi connectivity index (χ1n) is 9.77. The minimum absolute atomic E-state index is 0.0262. The fourth-order valence-electron chi connectivity index (χ4n) is 3.87. The van der Waals surface area contributed by atoms with Crippen LogP contribution in [0.4, 0.5) is 5.69 Å². The maximum absolute atomic E-state index is 13.3. The van der Waals surface area contributed by atoms with Crippen molar-refractivity contribution in [2.45, 2.75) is 53.0 Å². The number of nitro benzene ring substituents is 1. The largest absolute Gasteiger partial charge is 0.334 e. The quantitative estimate of drug-likeness (QED) is 0.590. The summed E-state index contributed by atoms with van der Waals surface area (Å²) in [4.78, 5) is 25.9. The third-order valence-corrected chi connectivity index (χ3v) is 5.63. The van der Waals surface area contributed by atoms with Gasteiger partial charge in [0.2, 0.25) is 0 Å². The van der Waals surface area contributed by atoms with Crippen molar-refractivity contribution in [3.63, 3.8) is 0 Å². The standard InChI is InChI=1S/C20H27N5O3/c1-13(2)18-9-8-14(3)10-11-23(18)20(26)19-15(4)24(22-21-19)16-6-5-7-17(12-16)25(27)28/h5-7,12-14,18H,8-11H2,1-4H3. The molecule has 0 saturated carbocycles. The molecule has 0 aliphatic carbocycles. The summed E-state index contributed by atoms with van der Waals surface area (Å²) < 4.78 is 1.49. The van der Waals surface area contributed by atoms with E-state index in [2.05, 4.69) is 31.1 Å². The first-order valence-corrected chi connectivity index (χ1v) is 9.77. The Morgan fingerprint density at radius 1 is 1.29 bits per heavy atom. The van der Waals surface area contributed by atoms with Crippen LogP contribution in [0, 0.1) is 28.9 Å². The van der Waals surface area contributed by atoms with Gasteiger partial charge in [-0.2, -0.15) is 0 Å². The number of hydrogen-bond donors (Lipinski definition) is 0. The highest BCUT2D eigenvalue weighted by atomic mass is 16.6. The number of non-ortho nitro benzene ring substituents is 1. The van der Waals surface area contributed by atoms with Crippen molar-refractivity contribution in [3.05, 3.63) is 45.8 Å². The van der Waals surface area contributed by atoms with Crippen LogP contribution in [-0.4, -0.2) is 43.3 Å². The predicted octanol–water partition coefficient (Wildman–Crippen LogP) is 3.77. The topological polar surface area (TPSA) is 94.2 Å². The Balaban J connectivity index is 1.93. The molecule has 1 aliphatic rings. The molecule has 2 unspecified atom stereocenters. The third kappa shape index (κ3) is 3.90. The van der Waals surface area contributed by atoms with Gasteiger partial charge >= 0.3 is 0 Å². The summed E-state index contributed by atoms with van der Waals surface area (Å²) in [5, 5.41) is 19.3. The van der Waals surface area contributed by atoms with E-state index in [-0.39, 0.29) is 17.6 Å². The molecule has 0 N–H and O–H groups in total. The van der Waals surface area contributed by atoms with E-state index in [0.717, 1.165) is 19.3 Å². The van der Waals surface area contributed by atoms with Crippen LogP contribution < -0.4 is 0 Å². The highest BCUT2D eigenvalue weighted by Gasteiger charge is 2.32. The zero-order chi connectivity index (χ0) is 20.4. The van der Waals surface area contributed by atoms with Gasteiger partial charge in [-0.15, -0.1) is 5.10 Å². The lowest BCUT2D eigenvalue weighted by molar-refractivity contribution is -0.384. The van der Waals surface area contributed by atoms with E-state index in [1.807, 2.05) is 4.90 Å². The first-order chi connectivity index (χ1) is 13.3. The second-order valence-corrected chi connectivity index (χ2v) is 7.99. The fraction of sp³-hybridized carbons (Fsp3) is 0.550. The van der Waals surface area contributed by atoms with E-state index in [1.54, 1.807) is 19.1 Å². The monoisotopic (exact) mass is 385 g/mol. The van der Waals surface area contributed by atoms with Gasteiger partial charge < -0.3 is 4.90 Å². The van der Waals surface area contributed by atoms with Gasteiger partial charge in [0.25, 0.3) is 11.6 Å². The Labute approximate surface area is 164 Å². The fourth-order valence-corrected chi connectivity index (χ4v) is 3.87. The molecule has 3 rings (SSSR count). The van der Waals surface area contributed by atoms with E-state index in [9.17, 15) is 14.9 Å². The number of aromatic nitrogens is 3. The van der Waals surface area contributed by atoms with Gasteiger partial charge in [0.05, 0.1) is 16.3 Å². The lowest BCUT2D eigenvalue weighted by Crippen LogP contribution is -2.43. The molecule has 0 radical (unpaired) electrons. The number of carbonyl (C=O) groups excluding carboxylic acids is 1. The molecule has 8 heteroatoms. The van der Waals surface area contributed by atoms with Crippen molar-refractivity contribution in [2.75, 3.05) is 6.54 Å². The summed E-state index contributed by atoms with van der Waals surface area (Å²) in [6.45, 7) is 9.01. The van der Waals surface area contributed by atoms with Gasteiger partial charge in [0.1, 0.15) is 0 Å². The lowest BCUT2D eigenvalue weighted by Gasteiger charge is -2.32. The minimum Gasteiger partial charge on any atom is -0.334 e. The summed E-state index contributed by atoms with van der Waals surface area (Å²) in [7, 11) is 0. The van der Waals surface area contributed by atoms with Crippen LogP contribution in [0.1, 0.15) is 56.2 Å². The van der Waals surface area contributed by atoms with Crippen LogP contribution >= 0.6 is 0 Å². The zero-order valence-corrected chi connectivity index (χ0v) is 16.8. The molecule has 1 amide bonds. The SMILES string of the molecule is Cc1c(C(=O)N2CCC(C)CCC2C(C)C)nnn1-c1cccc([N+](=O)[O-])c1. The van der Waals surface area contributed by atoms with Crippen LogP contribution in [0.25, 0.3) is 5.69 Å². The molecule has 2 aromatic rings. The molecule has 1 aliphatic heterocycles. The second-order valence-electron chi connectivity index (χ2n) is 7.99. The van der Waals surface area contributed by atoms with Gasteiger partial charge in [0.15, 0.2) is 5.69 Å². The van der Waals surface area contributed by atoms with E-state index >= 15 is 0 Å². The summed E-state index contributed by atoms with van der Waals surface area (Å²) in [5.74, 6) is 0.851. The molecule has 1 aromatic heterocycles. The number of amides is 1. The molecule has 150 valence electrons. The predicted molar refractivity (Wildman–Crippen MR) is 105 cm³/mol. The smallest absolute Gasteiger partial charge is 0.276 e. The molecular weight excluding hydrogens is 358 g/mol. The zero-order valence-electron chi connectivity index (χ0n) is 16.8. The lowest BCUT2D eigenvalue weighted by atomic mass is 9.95. The minimum atomic E-state index is -0.451. The van der Waals surface area contributed by atoms with Crippen molar-refractivity contribution in [1.82, 2.24) is 19.9 Å². The molecule has 0 bridgehead atoms. The Kier molecular flexibility index (Phi) is 5.76. The second kappa shape index (κ2) is 8.08. The Hall–Kier alpha value is -2.77. The molecular formula is C20H27N5O3. The summed E-state index contributed by atoms with van der Waals surface area (Å²) in [5.41, 5.74) is 1.39. The van der Waals surface area contributed by atoms with Crippen molar-refractivity contribution in [3.8, 4) is 5.69 Å². The Morgan fingerprint density at radius 2 is 2.04 bits per heavy atom. The molecule has 8 nitrogen and oxygen atoms in total. The highest BCUT2D eigenvalue weighted by Crippen LogP contribution is 2.28. The number of carbonyl (C=O) groups is 1. The summed E-state index contributed by atoms with van der Waals surface area (Å²) in [6.07, 6.45) is 3.08. The molecule has 1 saturated heterocycles. The normalized spacial score (nSPS) is 20.2. The first kappa shape index (κ1) is 20.0. The molecule has 2 heterocycles. The maximum Gasteiger partial charge on any atom is 0.276 e. The van der Waals surface area contributed by atoms with Crippen LogP contribution in [0.3, 0.4) is 0 Å². The molecule has 1 fully saturated rings. The van der Waals surface area contributed by atoms with Crippen molar-refractivity contribution < 1.29 is 9.72 Å². The van der Waals surface area contributed by atoms with Crippen molar-refractivity contribution in [1.29, 1.82) is 0 Å². The van der Waals surface area contributed by atoms with Crippen LogP contribution in [-0.2, 0) is 0 Å². The van der Waals surface area contributed by atoms with Crippen molar-refractivity contribution >= 4 is 11.6 Å². The van der Waals surface area contributed by atoms with E-state index in [1.165, 1.54) is 16.8 Å². The highest BCUT2D eigenvalue weighted by molar-refractivity contribution is 5.93. The van der Waals surface area contributed by atoms with E-state index in [4.69, 9.17) is 0 Å². The number of nitrogens with zero attached hydrogens (tertiary/aromatic N) is 5. The molecule has 1 aromatic carbocycles. The summed E-state index contributed by atoms with van der Waals surface area (Å²) >= 11 is 0. The number of rotatable bonds is 4. The van der Waals surface area contributed by atoms with Crippen LogP contribution in [0.5, 0.6) is 0 Å². The molecule has 2 atom stereocenters. The van der Waals surface area contributed by atoms with Gasteiger partial charge in [-0.05, 0) is 44.1 Å². The number of likely N-dealkylation sites (tertiary alicyclic amines) is 1. The molecule has 0 spiro atoms. The number of benzene rings is 1. The Bertz CT molecular complexity index is 876. The number of nitro groups is 1. The van der Waals surface area contributed by atoms with Crippen LogP contribution in [0.2, 0.25) is 0 Å². The average molecular weight is 385 g/mol. The number of hydrogen-bond acceptors (Lipinski definition) is 5. The third-order valence-electron chi connectivity index (χ3n) is 5.63. The van der Waals surface area contributed by atoms with E-state index < -0.39 is 4.92 Å². The van der Waals surface area contributed by atoms with Gasteiger partial charge in [-0.3, -0.25) is 14.9 Å². The average Bonchev–Trinajstić information content (AvgIpc) is 2.92. The Morgan fingerprint density at radius 3 is 2.71 bits per heavy atom. The van der Waals surface area contributed by atoms with Gasteiger partial charge in [-0.25, -0.2) is 4.68 Å². The van der Waals surface area contributed by atoms with Crippen molar-refractivity contribution in [2.24, 2.45) is 11.8 Å². The van der Waals surface area contributed by atoms with Gasteiger partial charge in [-0.1, -0.05) is 32.1 Å². The summed E-state index contributed by atoms with van der Waals surface area (Å²) in [6, 6.07) is 6.35.